The number of urea groups is 2. The molecule has 210 valence electrons. The fourth-order valence-electron chi connectivity index (χ4n) is 4.62. The zero-order valence-corrected chi connectivity index (χ0v) is 22.5. The maximum atomic E-state index is 12.5. The van der Waals surface area contributed by atoms with E-state index < -0.39 is 36.1 Å². The SMILES string of the molecule is COC(=O)C1=C(C)NC(=O)N[C@@H]1c1ccccc1OCCOc1ccccc1[C@H]1NC(=O)NC(C)=C1C(=O)OC. The standard InChI is InChI=1S/C28H30N4O8/c1-15-21(25(33)37-3)23(31-27(35)29-15)17-9-5-7-11-19(17)39-13-14-40-20-12-8-6-10-18(20)24-22(26(34)38-4)16(2)30-28(36)32-24/h5-12,23-24H,13-14H2,1-4H3,(H2,29,31,35)(H2,30,32,36)/t23-,24-/m1/s1. The summed E-state index contributed by atoms with van der Waals surface area (Å²) in [5.41, 5.74) is 2.43. The molecule has 2 heterocycles. The predicted molar refractivity (Wildman–Crippen MR) is 142 cm³/mol. The summed E-state index contributed by atoms with van der Waals surface area (Å²) in [4.78, 5) is 49.4. The van der Waals surface area contributed by atoms with Crippen molar-refractivity contribution in [3.05, 3.63) is 82.2 Å². The number of methoxy groups -OCH3 is 2. The lowest BCUT2D eigenvalue weighted by Crippen LogP contribution is -2.45. The molecule has 2 aliphatic rings. The van der Waals surface area contributed by atoms with Crippen molar-refractivity contribution in [2.45, 2.75) is 25.9 Å². The summed E-state index contributed by atoms with van der Waals surface area (Å²) in [5, 5.41) is 10.7. The van der Waals surface area contributed by atoms with Crippen molar-refractivity contribution in [1.29, 1.82) is 0 Å². The van der Waals surface area contributed by atoms with E-state index in [0.29, 0.717) is 34.0 Å². The number of carbonyl (C=O) groups excluding carboxylic acids is 4. The Morgan fingerprint density at radius 3 is 1.43 bits per heavy atom. The molecule has 2 atom stereocenters. The normalized spacial score (nSPS) is 18.6. The summed E-state index contributed by atoms with van der Waals surface area (Å²) in [6.07, 6.45) is 0. The lowest BCUT2D eigenvalue weighted by Gasteiger charge is -2.29. The van der Waals surface area contributed by atoms with Crippen LogP contribution < -0.4 is 30.7 Å². The summed E-state index contributed by atoms with van der Waals surface area (Å²) < 4.78 is 21.9. The molecule has 12 nitrogen and oxygen atoms in total. The van der Waals surface area contributed by atoms with E-state index in [9.17, 15) is 19.2 Å². The number of ether oxygens (including phenoxy) is 4. The van der Waals surface area contributed by atoms with Crippen LogP contribution in [0.2, 0.25) is 0 Å². The number of allylic oxidation sites excluding steroid dienone is 2. The zero-order chi connectivity index (χ0) is 28.8. The largest absolute Gasteiger partial charge is 0.490 e. The van der Waals surface area contributed by atoms with E-state index in [1.807, 2.05) is 0 Å². The van der Waals surface area contributed by atoms with E-state index in [2.05, 4.69) is 21.3 Å². The van der Waals surface area contributed by atoms with Crippen LogP contribution >= 0.6 is 0 Å². The fourth-order valence-corrected chi connectivity index (χ4v) is 4.62. The molecule has 4 amide bonds. The van der Waals surface area contributed by atoms with E-state index in [4.69, 9.17) is 18.9 Å². The molecular weight excluding hydrogens is 520 g/mol. The minimum Gasteiger partial charge on any atom is -0.490 e. The Morgan fingerprint density at radius 2 is 1.05 bits per heavy atom. The van der Waals surface area contributed by atoms with Crippen LogP contribution in [0, 0.1) is 0 Å². The highest BCUT2D eigenvalue weighted by Crippen LogP contribution is 2.35. The molecule has 0 radical (unpaired) electrons. The van der Waals surface area contributed by atoms with Gasteiger partial charge < -0.3 is 40.2 Å². The Bertz CT molecular complexity index is 1290. The van der Waals surface area contributed by atoms with Crippen LogP contribution in [0.15, 0.2) is 71.1 Å². The molecule has 2 aliphatic heterocycles. The van der Waals surface area contributed by atoms with Crippen molar-refractivity contribution < 1.29 is 38.1 Å². The second-order valence-electron chi connectivity index (χ2n) is 8.90. The molecule has 0 saturated carbocycles. The molecule has 12 heteroatoms. The molecule has 0 spiro atoms. The number of hydrogen-bond donors (Lipinski definition) is 4. The van der Waals surface area contributed by atoms with E-state index in [0.717, 1.165) is 0 Å². The maximum absolute atomic E-state index is 12.5. The fraction of sp³-hybridized carbons (Fsp3) is 0.286. The highest BCUT2D eigenvalue weighted by molar-refractivity contribution is 5.96. The van der Waals surface area contributed by atoms with Crippen molar-refractivity contribution in [3.8, 4) is 11.5 Å². The van der Waals surface area contributed by atoms with Crippen LogP contribution in [0.4, 0.5) is 9.59 Å². The van der Waals surface area contributed by atoms with Crippen LogP contribution in [0.3, 0.4) is 0 Å². The molecular formula is C28H30N4O8. The molecule has 0 unspecified atom stereocenters. The Hall–Kier alpha value is -5.00. The molecule has 0 bridgehead atoms. The lowest BCUT2D eigenvalue weighted by atomic mass is 9.95. The Kier molecular flexibility index (Phi) is 8.57. The topological polar surface area (TPSA) is 153 Å². The van der Waals surface area contributed by atoms with Gasteiger partial charge in [0.15, 0.2) is 0 Å². The summed E-state index contributed by atoms with van der Waals surface area (Å²) in [6.45, 7) is 3.47. The summed E-state index contributed by atoms with van der Waals surface area (Å²) in [7, 11) is 2.54. The van der Waals surface area contributed by atoms with E-state index in [1.165, 1.54) is 14.2 Å². The minimum atomic E-state index is -0.783. The number of rotatable bonds is 9. The smallest absolute Gasteiger partial charge is 0.337 e. The lowest BCUT2D eigenvalue weighted by molar-refractivity contribution is -0.137. The number of amides is 4. The minimum absolute atomic E-state index is 0.109. The van der Waals surface area contributed by atoms with Gasteiger partial charge >= 0.3 is 24.0 Å². The van der Waals surface area contributed by atoms with Gasteiger partial charge in [0.2, 0.25) is 0 Å². The van der Waals surface area contributed by atoms with Gasteiger partial charge in [-0.1, -0.05) is 36.4 Å². The number of esters is 2. The van der Waals surface area contributed by atoms with Gasteiger partial charge in [0.05, 0.1) is 37.4 Å². The van der Waals surface area contributed by atoms with Gasteiger partial charge in [-0.15, -0.1) is 0 Å². The Balaban J connectivity index is 1.51. The third-order valence-corrected chi connectivity index (χ3v) is 6.41. The zero-order valence-electron chi connectivity index (χ0n) is 22.5. The molecule has 2 aromatic rings. The first-order valence-electron chi connectivity index (χ1n) is 12.4. The average molecular weight is 551 g/mol. The van der Waals surface area contributed by atoms with Crippen LogP contribution in [-0.2, 0) is 19.1 Å². The van der Waals surface area contributed by atoms with Crippen molar-refractivity contribution in [3.63, 3.8) is 0 Å². The Labute approximate surface area is 230 Å². The maximum Gasteiger partial charge on any atom is 0.337 e. The van der Waals surface area contributed by atoms with Crippen LogP contribution in [-0.4, -0.2) is 51.4 Å². The second-order valence-corrected chi connectivity index (χ2v) is 8.90. The molecule has 0 saturated heterocycles. The number of benzene rings is 2. The summed E-state index contributed by atoms with van der Waals surface area (Å²) >= 11 is 0. The van der Waals surface area contributed by atoms with Gasteiger partial charge in [-0.3, -0.25) is 0 Å². The quantitative estimate of drug-likeness (QED) is 0.275. The van der Waals surface area contributed by atoms with Crippen LogP contribution in [0.1, 0.15) is 37.1 Å². The van der Waals surface area contributed by atoms with Gasteiger partial charge in [-0.25, -0.2) is 19.2 Å². The van der Waals surface area contributed by atoms with E-state index in [-0.39, 0.29) is 24.4 Å². The van der Waals surface area contributed by atoms with Gasteiger partial charge in [-0.2, -0.15) is 0 Å². The van der Waals surface area contributed by atoms with Gasteiger partial charge in [0.25, 0.3) is 0 Å². The molecule has 0 aromatic heterocycles. The molecule has 0 aliphatic carbocycles. The van der Waals surface area contributed by atoms with Crippen molar-refractivity contribution in [2.24, 2.45) is 0 Å². The first-order chi connectivity index (χ1) is 19.2. The van der Waals surface area contributed by atoms with Gasteiger partial charge in [0.1, 0.15) is 24.7 Å². The number of nitrogens with one attached hydrogen (secondary N) is 4. The van der Waals surface area contributed by atoms with Crippen molar-refractivity contribution in [2.75, 3.05) is 27.4 Å². The molecule has 4 N–H and O–H groups in total. The highest BCUT2D eigenvalue weighted by Gasteiger charge is 2.35. The molecule has 0 fully saturated rings. The van der Waals surface area contributed by atoms with Crippen molar-refractivity contribution >= 4 is 24.0 Å². The van der Waals surface area contributed by atoms with Crippen molar-refractivity contribution in [1.82, 2.24) is 21.3 Å². The number of carbonyl (C=O) groups is 4. The third-order valence-electron chi connectivity index (χ3n) is 6.41. The first-order valence-corrected chi connectivity index (χ1v) is 12.4. The van der Waals surface area contributed by atoms with Crippen LogP contribution in [0.5, 0.6) is 11.5 Å². The Morgan fingerprint density at radius 1 is 0.675 bits per heavy atom. The average Bonchev–Trinajstić information content (AvgIpc) is 2.94. The van der Waals surface area contributed by atoms with Crippen LogP contribution in [0.25, 0.3) is 0 Å². The molecule has 40 heavy (non-hydrogen) atoms. The van der Waals surface area contributed by atoms with E-state index in [1.54, 1.807) is 62.4 Å². The highest BCUT2D eigenvalue weighted by atomic mass is 16.5. The summed E-state index contributed by atoms with van der Waals surface area (Å²) in [5.74, 6) is -0.272. The molecule has 2 aromatic carbocycles. The van der Waals surface area contributed by atoms with Gasteiger partial charge in [-0.05, 0) is 26.0 Å². The third kappa shape index (κ3) is 5.85. The predicted octanol–water partition coefficient (Wildman–Crippen LogP) is 2.75. The summed E-state index contributed by atoms with van der Waals surface area (Å²) in [6, 6.07) is 11.6. The number of hydrogen-bond acceptors (Lipinski definition) is 8. The monoisotopic (exact) mass is 550 g/mol. The van der Waals surface area contributed by atoms with E-state index >= 15 is 0 Å². The van der Waals surface area contributed by atoms with Gasteiger partial charge in [0, 0.05) is 22.5 Å². The first kappa shape index (κ1) is 28.0. The second kappa shape index (κ2) is 12.2. The number of para-hydroxylation sites is 2. The molecule has 4 rings (SSSR count).